The van der Waals surface area contributed by atoms with Crippen molar-refractivity contribution in [2.24, 2.45) is 7.05 Å². The Morgan fingerprint density at radius 2 is 1.52 bits per heavy atom. The first-order valence-corrected chi connectivity index (χ1v) is 16.5. The maximum absolute atomic E-state index is 13.6. The fourth-order valence-electron chi connectivity index (χ4n) is 6.16. The SMILES string of the molecule is C=CC(=O)Nc1cc(Nc2cc(-c3cccc(NC(=O)c4ccccc4N4CCOCC4)c3C)cn(C)c2=O)ccc1C(=O)N1CCOCC1. The molecular weight excluding hydrogens is 636 g/mol. The van der Waals surface area contributed by atoms with Crippen LogP contribution in [-0.2, 0) is 21.3 Å². The zero-order valence-electron chi connectivity index (χ0n) is 28.2. The van der Waals surface area contributed by atoms with Crippen molar-refractivity contribution in [3.63, 3.8) is 0 Å². The van der Waals surface area contributed by atoms with Crippen LogP contribution in [0.3, 0.4) is 0 Å². The highest BCUT2D eigenvalue weighted by Crippen LogP contribution is 2.32. The van der Waals surface area contributed by atoms with Gasteiger partial charge >= 0.3 is 0 Å². The lowest BCUT2D eigenvalue weighted by Gasteiger charge is -2.30. The van der Waals surface area contributed by atoms with Gasteiger partial charge in [-0.2, -0.15) is 0 Å². The van der Waals surface area contributed by atoms with Gasteiger partial charge in [0.1, 0.15) is 5.69 Å². The van der Waals surface area contributed by atoms with Crippen LogP contribution in [0, 0.1) is 6.92 Å². The number of pyridine rings is 1. The number of benzene rings is 3. The third kappa shape index (κ3) is 7.46. The van der Waals surface area contributed by atoms with E-state index in [1.165, 1.54) is 4.57 Å². The normalized spacial score (nSPS) is 14.5. The molecule has 4 aromatic rings. The Bertz CT molecular complexity index is 1990. The molecule has 2 saturated heterocycles. The molecule has 50 heavy (non-hydrogen) atoms. The lowest BCUT2D eigenvalue weighted by molar-refractivity contribution is -0.111. The third-order valence-corrected chi connectivity index (χ3v) is 8.85. The van der Waals surface area contributed by atoms with E-state index in [0.29, 0.717) is 80.8 Å². The molecule has 2 fully saturated rings. The van der Waals surface area contributed by atoms with Crippen LogP contribution in [0.25, 0.3) is 11.1 Å². The molecule has 3 heterocycles. The van der Waals surface area contributed by atoms with Crippen LogP contribution in [0.1, 0.15) is 26.3 Å². The van der Waals surface area contributed by atoms with Gasteiger partial charge in [0.15, 0.2) is 0 Å². The monoisotopic (exact) mass is 676 g/mol. The molecule has 0 bridgehead atoms. The van der Waals surface area contributed by atoms with Gasteiger partial charge in [0, 0.05) is 62.0 Å². The Hall–Kier alpha value is -5.72. The maximum Gasteiger partial charge on any atom is 0.274 e. The molecule has 2 aliphatic rings. The van der Waals surface area contributed by atoms with Crippen LogP contribution in [-0.4, -0.2) is 79.8 Å². The molecule has 2 aliphatic heterocycles. The van der Waals surface area contributed by atoms with E-state index in [4.69, 9.17) is 9.47 Å². The minimum atomic E-state index is -0.469. The number of amides is 3. The Morgan fingerprint density at radius 3 is 2.26 bits per heavy atom. The van der Waals surface area contributed by atoms with Gasteiger partial charge in [-0.25, -0.2) is 0 Å². The van der Waals surface area contributed by atoms with Crippen molar-refractivity contribution < 1.29 is 23.9 Å². The summed E-state index contributed by atoms with van der Waals surface area (Å²) in [6.45, 7) is 9.88. The van der Waals surface area contributed by atoms with Gasteiger partial charge < -0.3 is 39.8 Å². The first kappa shape index (κ1) is 34.2. The molecule has 12 nitrogen and oxygen atoms in total. The summed E-state index contributed by atoms with van der Waals surface area (Å²) in [5.41, 5.74) is 5.60. The Labute approximate surface area is 290 Å². The van der Waals surface area contributed by atoms with Crippen LogP contribution in [0.15, 0.2) is 90.4 Å². The van der Waals surface area contributed by atoms with Crippen LogP contribution in [0.4, 0.5) is 28.4 Å². The number of aryl methyl sites for hydroxylation is 1. The predicted molar refractivity (Wildman–Crippen MR) is 195 cm³/mol. The minimum absolute atomic E-state index is 0.218. The molecule has 258 valence electrons. The number of carbonyl (C=O) groups is 3. The second-order valence-corrected chi connectivity index (χ2v) is 12.1. The quantitative estimate of drug-likeness (QED) is 0.216. The number of nitrogens with one attached hydrogen (secondary N) is 3. The number of morpholine rings is 2. The molecule has 0 spiro atoms. The van der Waals surface area contributed by atoms with Gasteiger partial charge in [-0.1, -0.05) is 30.8 Å². The molecule has 0 aliphatic carbocycles. The van der Waals surface area contributed by atoms with E-state index in [1.807, 2.05) is 49.4 Å². The van der Waals surface area contributed by atoms with Crippen LogP contribution in [0.2, 0.25) is 0 Å². The number of para-hydroxylation sites is 1. The van der Waals surface area contributed by atoms with Crippen molar-refractivity contribution in [3.8, 4) is 11.1 Å². The number of rotatable bonds is 9. The van der Waals surface area contributed by atoms with Gasteiger partial charge in [-0.3, -0.25) is 19.2 Å². The number of nitrogens with zero attached hydrogens (tertiary/aromatic N) is 3. The highest BCUT2D eigenvalue weighted by Gasteiger charge is 2.23. The van der Waals surface area contributed by atoms with E-state index in [0.717, 1.165) is 28.5 Å². The summed E-state index contributed by atoms with van der Waals surface area (Å²) >= 11 is 0. The Balaban J connectivity index is 1.28. The van der Waals surface area contributed by atoms with E-state index < -0.39 is 5.91 Å². The Kier molecular flexibility index (Phi) is 10.4. The molecule has 0 unspecified atom stereocenters. The van der Waals surface area contributed by atoms with Gasteiger partial charge in [0.25, 0.3) is 17.4 Å². The van der Waals surface area contributed by atoms with E-state index in [1.54, 1.807) is 42.4 Å². The summed E-state index contributed by atoms with van der Waals surface area (Å²) in [7, 11) is 1.67. The first-order chi connectivity index (χ1) is 24.2. The van der Waals surface area contributed by atoms with Crippen molar-refractivity contribution in [3.05, 3.63) is 113 Å². The molecule has 3 aromatic carbocycles. The van der Waals surface area contributed by atoms with Crippen molar-refractivity contribution in [2.45, 2.75) is 6.92 Å². The molecule has 0 radical (unpaired) electrons. The number of aromatic nitrogens is 1. The van der Waals surface area contributed by atoms with Crippen molar-refractivity contribution >= 4 is 46.2 Å². The van der Waals surface area contributed by atoms with Crippen LogP contribution in [0.5, 0.6) is 0 Å². The zero-order valence-corrected chi connectivity index (χ0v) is 28.2. The fraction of sp³-hybridized carbons (Fsp3) is 0.263. The van der Waals surface area contributed by atoms with E-state index in [2.05, 4.69) is 27.4 Å². The molecular formula is C38H40N6O6. The average molecular weight is 677 g/mol. The van der Waals surface area contributed by atoms with Crippen molar-refractivity contribution in [1.82, 2.24) is 9.47 Å². The second kappa shape index (κ2) is 15.2. The largest absolute Gasteiger partial charge is 0.378 e. The molecule has 6 rings (SSSR count). The number of hydrogen-bond donors (Lipinski definition) is 3. The van der Waals surface area contributed by atoms with Gasteiger partial charge in [0.2, 0.25) is 5.91 Å². The molecule has 12 heteroatoms. The molecule has 0 saturated carbocycles. The summed E-state index contributed by atoms with van der Waals surface area (Å²) in [5.74, 6) is -0.919. The third-order valence-electron chi connectivity index (χ3n) is 8.85. The standard InChI is InChI=1S/C38H40N6O6/c1-4-35(45)40-32-23-27(12-13-29(32)37(47)44-16-20-50-21-17-44)39-33-22-26(24-42(3)38(33)48)28-9-7-10-31(25(28)2)41-36(46)30-8-5-6-11-34(30)43-14-18-49-19-15-43/h4-13,22-24,39H,1,14-21H2,2-3H3,(H,40,45)(H,41,46). The van der Waals surface area contributed by atoms with Crippen LogP contribution >= 0.6 is 0 Å². The molecule has 1 aromatic heterocycles. The predicted octanol–water partition coefficient (Wildman–Crippen LogP) is 4.79. The van der Waals surface area contributed by atoms with Crippen molar-refractivity contribution in [1.29, 1.82) is 0 Å². The molecule has 3 amide bonds. The zero-order chi connectivity index (χ0) is 35.2. The lowest BCUT2D eigenvalue weighted by Crippen LogP contribution is -2.41. The summed E-state index contributed by atoms with van der Waals surface area (Å²) < 4.78 is 12.4. The van der Waals surface area contributed by atoms with Crippen molar-refractivity contribution in [2.75, 3.05) is 73.5 Å². The summed E-state index contributed by atoms with van der Waals surface area (Å²) in [4.78, 5) is 56.5. The maximum atomic E-state index is 13.6. The summed E-state index contributed by atoms with van der Waals surface area (Å²) in [6, 6.07) is 19.9. The average Bonchev–Trinajstić information content (AvgIpc) is 3.14. The fourth-order valence-corrected chi connectivity index (χ4v) is 6.16. The minimum Gasteiger partial charge on any atom is -0.378 e. The van der Waals surface area contributed by atoms with E-state index in [-0.39, 0.29) is 23.1 Å². The number of hydrogen-bond acceptors (Lipinski definition) is 8. The summed E-state index contributed by atoms with van der Waals surface area (Å²) in [6.07, 6.45) is 2.87. The topological polar surface area (TPSA) is 134 Å². The molecule has 0 atom stereocenters. The van der Waals surface area contributed by atoms with E-state index in [9.17, 15) is 19.2 Å². The van der Waals surface area contributed by atoms with Crippen LogP contribution < -0.4 is 26.4 Å². The summed E-state index contributed by atoms with van der Waals surface area (Å²) in [5, 5.41) is 9.02. The first-order valence-electron chi connectivity index (χ1n) is 16.5. The number of carbonyl (C=O) groups excluding carboxylic acids is 3. The second-order valence-electron chi connectivity index (χ2n) is 12.1. The van der Waals surface area contributed by atoms with E-state index >= 15 is 0 Å². The smallest absolute Gasteiger partial charge is 0.274 e. The lowest BCUT2D eigenvalue weighted by atomic mass is 9.99. The highest BCUT2D eigenvalue weighted by molar-refractivity contribution is 6.09. The highest BCUT2D eigenvalue weighted by atomic mass is 16.5. The number of anilines is 5. The van der Waals surface area contributed by atoms with Gasteiger partial charge in [0.05, 0.1) is 43.2 Å². The van der Waals surface area contributed by atoms with Gasteiger partial charge in [-0.15, -0.1) is 0 Å². The molecule has 3 N–H and O–H groups in total. The number of ether oxygens (including phenoxy) is 2. The van der Waals surface area contributed by atoms with Gasteiger partial charge in [-0.05, 0) is 66.6 Å². The Morgan fingerprint density at radius 1 is 0.800 bits per heavy atom.